The van der Waals surface area contributed by atoms with Gasteiger partial charge in [-0.2, -0.15) is 0 Å². The maximum atomic E-state index is 13.8. The number of aromatic nitrogens is 1. The molecule has 1 aromatic heterocycles. The van der Waals surface area contributed by atoms with Gasteiger partial charge in [0.15, 0.2) is 0 Å². The highest BCUT2D eigenvalue weighted by Gasteiger charge is 2.16. The molecule has 0 aliphatic heterocycles. The summed E-state index contributed by atoms with van der Waals surface area (Å²) < 4.78 is 13.8. The Morgan fingerprint density at radius 2 is 2.18 bits per heavy atom. The Balaban J connectivity index is 2.96. The van der Waals surface area contributed by atoms with Gasteiger partial charge in [0, 0.05) is 12.4 Å². The molecule has 0 amide bonds. The molecule has 0 unspecified atom stereocenters. The topological polar surface area (TPSA) is 71.3 Å². The van der Waals surface area contributed by atoms with Crippen molar-refractivity contribution in [1.29, 1.82) is 0 Å². The second-order valence-corrected chi connectivity index (χ2v) is 3.44. The van der Waals surface area contributed by atoms with Crippen LogP contribution in [-0.4, -0.2) is 22.9 Å². The molecule has 2 rings (SSSR count). The summed E-state index contributed by atoms with van der Waals surface area (Å²) in [6.45, 7) is 0. The minimum absolute atomic E-state index is 0.0324. The summed E-state index contributed by atoms with van der Waals surface area (Å²) in [6.07, 6.45) is 0. The lowest BCUT2D eigenvalue weighted by molar-refractivity contribution is 0.0693. The van der Waals surface area contributed by atoms with Gasteiger partial charge in [0.25, 0.3) is 5.56 Å². The Kier molecular flexibility index (Phi) is 2.55. The third-order valence-corrected chi connectivity index (χ3v) is 2.47. The molecule has 0 fully saturated rings. The number of fused-ring (bicyclic) bond motifs is 1. The van der Waals surface area contributed by atoms with E-state index in [4.69, 9.17) is 5.11 Å². The second kappa shape index (κ2) is 3.89. The van der Waals surface area contributed by atoms with Gasteiger partial charge in [-0.05, 0) is 12.1 Å². The Labute approximate surface area is 95.0 Å². The first-order valence-corrected chi connectivity index (χ1v) is 4.82. The Morgan fingerprint density at radius 3 is 2.76 bits per heavy atom. The molecule has 0 saturated carbocycles. The number of halogens is 1. The molecule has 5 nitrogen and oxygen atoms in total. The minimum Gasteiger partial charge on any atom is -0.477 e. The van der Waals surface area contributed by atoms with Crippen molar-refractivity contribution >= 4 is 22.6 Å². The molecule has 0 aliphatic rings. The van der Waals surface area contributed by atoms with E-state index in [1.807, 2.05) is 0 Å². The predicted octanol–water partition coefficient (Wildman–Crippen LogP) is 1.47. The molecule has 2 aromatic rings. The summed E-state index contributed by atoms with van der Waals surface area (Å²) in [7, 11) is 1.59. The van der Waals surface area contributed by atoms with Crippen molar-refractivity contribution < 1.29 is 14.4 Å². The van der Waals surface area contributed by atoms with Crippen molar-refractivity contribution in [3.63, 3.8) is 0 Å². The number of pyridine rings is 1. The van der Waals surface area contributed by atoms with Crippen LogP contribution in [0.15, 0.2) is 29.1 Å². The van der Waals surface area contributed by atoms with E-state index in [0.717, 1.165) is 6.07 Å². The second-order valence-electron chi connectivity index (χ2n) is 3.44. The van der Waals surface area contributed by atoms with E-state index in [2.05, 4.69) is 5.32 Å². The number of carboxylic acid groups (broad SMARTS) is 1. The number of hydrogen-bond acceptors (Lipinski definition) is 3. The van der Waals surface area contributed by atoms with E-state index in [0.29, 0.717) is 11.1 Å². The molecule has 6 heteroatoms. The number of rotatable bonds is 2. The van der Waals surface area contributed by atoms with Gasteiger partial charge in [0.1, 0.15) is 11.1 Å². The molecule has 17 heavy (non-hydrogen) atoms. The van der Waals surface area contributed by atoms with Gasteiger partial charge in [-0.25, -0.2) is 4.79 Å². The summed E-state index contributed by atoms with van der Waals surface area (Å²) in [5.41, 5.74) is -1.31. The number of nitrogens with zero attached hydrogens (tertiary/aromatic N) is 1. The summed E-state index contributed by atoms with van der Waals surface area (Å²) in [6, 6.07) is 5.94. The fourth-order valence-electron chi connectivity index (χ4n) is 1.68. The predicted molar refractivity (Wildman–Crippen MR) is 61.2 cm³/mol. The Morgan fingerprint density at radius 1 is 1.47 bits per heavy atom. The van der Waals surface area contributed by atoms with Gasteiger partial charge >= 0.3 is 5.97 Å². The van der Waals surface area contributed by atoms with Crippen molar-refractivity contribution in [3.05, 3.63) is 40.2 Å². The fourth-order valence-corrected chi connectivity index (χ4v) is 1.68. The minimum atomic E-state index is -1.45. The van der Waals surface area contributed by atoms with Crippen molar-refractivity contribution in [1.82, 2.24) is 4.79 Å². The summed E-state index contributed by atoms with van der Waals surface area (Å²) in [5.74, 6) is -1.45. The zero-order valence-electron chi connectivity index (χ0n) is 8.90. The van der Waals surface area contributed by atoms with Crippen molar-refractivity contribution in [3.8, 4) is 0 Å². The molecular weight excluding hydrogens is 227 g/mol. The van der Waals surface area contributed by atoms with Crippen LogP contribution in [0.5, 0.6) is 0 Å². The fraction of sp³-hybridized carbons (Fsp3) is 0.0909. The van der Waals surface area contributed by atoms with Crippen LogP contribution in [0, 0.1) is 0 Å². The average Bonchev–Trinajstić information content (AvgIpc) is 2.32. The van der Waals surface area contributed by atoms with Crippen LogP contribution in [0.2, 0.25) is 0 Å². The molecule has 88 valence electrons. The van der Waals surface area contributed by atoms with Crippen LogP contribution in [0.3, 0.4) is 0 Å². The SMILES string of the molecule is CNc1cccc2cc(C(=O)O)c(=O)n(F)c12. The molecule has 0 atom stereocenters. The van der Waals surface area contributed by atoms with E-state index in [9.17, 15) is 14.1 Å². The van der Waals surface area contributed by atoms with E-state index >= 15 is 0 Å². The van der Waals surface area contributed by atoms with Crippen LogP contribution in [0.25, 0.3) is 10.9 Å². The van der Waals surface area contributed by atoms with Gasteiger partial charge in [-0.15, -0.1) is 4.79 Å². The summed E-state index contributed by atoms with van der Waals surface area (Å²) in [5, 5.41) is 11.9. The van der Waals surface area contributed by atoms with E-state index in [1.165, 1.54) is 6.07 Å². The van der Waals surface area contributed by atoms with Gasteiger partial charge in [-0.3, -0.25) is 4.79 Å². The Hall–Kier alpha value is -2.37. The number of para-hydroxylation sites is 1. The van der Waals surface area contributed by atoms with E-state index in [1.54, 1.807) is 19.2 Å². The van der Waals surface area contributed by atoms with Crippen molar-refractivity contribution in [2.75, 3.05) is 12.4 Å². The molecule has 0 bridgehead atoms. The first kappa shape index (κ1) is 11.1. The number of anilines is 1. The number of hydrogen-bond donors (Lipinski definition) is 2. The molecule has 1 aromatic carbocycles. The highest BCUT2D eigenvalue weighted by molar-refractivity contribution is 5.96. The molecule has 0 aliphatic carbocycles. The maximum Gasteiger partial charge on any atom is 0.341 e. The first-order valence-electron chi connectivity index (χ1n) is 4.82. The summed E-state index contributed by atoms with van der Waals surface area (Å²) in [4.78, 5) is 22.1. The molecule has 1 heterocycles. The third kappa shape index (κ3) is 1.63. The highest BCUT2D eigenvalue weighted by Crippen LogP contribution is 2.22. The van der Waals surface area contributed by atoms with E-state index in [-0.39, 0.29) is 10.3 Å². The van der Waals surface area contributed by atoms with E-state index < -0.39 is 17.1 Å². The molecule has 0 saturated heterocycles. The number of nitrogens with one attached hydrogen (secondary N) is 1. The Bertz CT molecular complexity index is 664. The van der Waals surface area contributed by atoms with Crippen LogP contribution in [0.1, 0.15) is 10.4 Å². The normalized spacial score (nSPS) is 10.5. The van der Waals surface area contributed by atoms with Gasteiger partial charge < -0.3 is 10.4 Å². The van der Waals surface area contributed by atoms with Crippen LogP contribution in [0.4, 0.5) is 10.2 Å². The van der Waals surface area contributed by atoms with Crippen molar-refractivity contribution in [2.45, 2.75) is 0 Å². The molecule has 0 spiro atoms. The van der Waals surface area contributed by atoms with Crippen LogP contribution < -0.4 is 10.9 Å². The number of benzene rings is 1. The monoisotopic (exact) mass is 236 g/mol. The van der Waals surface area contributed by atoms with Gasteiger partial charge in [0.2, 0.25) is 0 Å². The van der Waals surface area contributed by atoms with Crippen LogP contribution in [-0.2, 0) is 0 Å². The maximum absolute atomic E-state index is 13.8. The van der Waals surface area contributed by atoms with Crippen molar-refractivity contribution in [2.24, 2.45) is 0 Å². The number of aromatic carboxylic acids is 1. The van der Waals surface area contributed by atoms with Crippen LogP contribution >= 0.6 is 0 Å². The number of carboxylic acids is 1. The smallest absolute Gasteiger partial charge is 0.341 e. The molecule has 2 N–H and O–H groups in total. The van der Waals surface area contributed by atoms with Gasteiger partial charge in [0.05, 0.1) is 5.69 Å². The van der Waals surface area contributed by atoms with Gasteiger partial charge in [-0.1, -0.05) is 16.6 Å². The molecular formula is C11H9FN2O3. The lowest BCUT2D eigenvalue weighted by Crippen LogP contribution is -2.22. The average molecular weight is 236 g/mol. The quantitative estimate of drug-likeness (QED) is 0.828. The zero-order valence-corrected chi connectivity index (χ0v) is 8.90. The zero-order chi connectivity index (χ0) is 12.6. The largest absolute Gasteiger partial charge is 0.477 e. The standard InChI is InChI=1S/C11H9FN2O3/c1-13-8-4-2-3-6-5-7(11(16)17)10(15)14(12)9(6)8/h2-5,13H,1H3,(H,16,17). The number of carbonyl (C=O) groups is 1. The summed E-state index contributed by atoms with van der Waals surface area (Å²) >= 11 is 0. The first-order chi connectivity index (χ1) is 8.06. The third-order valence-electron chi connectivity index (χ3n) is 2.47. The molecule has 0 radical (unpaired) electrons. The highest BCUT2D eigenvalue weighted by atomic mass is 19.2. The lowest BCUT2D eigenvalue weighted by atomic mass is 10.1. The lowest BCUT2D eigenvalue weighted by Gasteiger charge is -2.08.